The average Bonchev–Trinajstić information content (AvgIpc) is 2.61. The number of ether oxygens (including phenoxy) is 2. The van der Waals surface area contributed by atoms with Crippen LogP contribution in [0.3, 0.4) is 0 Å². The molecule has 1 heterocycles. The average molecular weight is 390 g/mol. The summed E-state index contributed by atoms with van der Waals surface area (Å²) in [7, 11) is -3.63. The molecule has 1 aliphatic rings. The minimum atomic E-state index is -3.63. The summed E-state index contributed by atoms with van der Waals surface area (Å²) in [6.07, 6.45) is 1.09. The predicted octanol–water partition coefficient (Wildman–Crippen LogP) is 2.48. The first kappa shape index (κ1) is 19.0. The van der Waals surface area contributed by atoms with E-state index >= 15 is 0 Å². The van der Waals surface area contributed by atoms with E-state index in [2.05, 4.69) is 5.32 Å². The fourth-order valence-electron chi connectivity index (χ4n) is 2.82. The topological polar surface area (TPSA) is 84.9 Å². The summed E-state index contributed by atoms with van der Waals surface area (Å²) >= 11 is 0. The molecule has 0 fully saturated rings. The molecule has 1 N–H and O–H groups in total. The van der Waals surface area contributed by atoms with E-state index in [-0.39, 0.29) is 6.54 Å². The maximum absolute atomic E-state index is 12.5. The number of aryl methyl sites for hydroxylation is 2. The van der Waals surface area contributed by atoms with Crippen molar-refractivity contribution in [2.75, 3.05) is 35.6 Å². The van der Waals surface area contributed by atoms with Gasteiger partial charge in [-0.05, 0) is 43.2 Å². The number of hydrogen-bond donors (Lipinski definition) is 1. The third-order valence-electron chi connectivity index (χ3n) is 4.15. The van der Waals surface area contributed by atoms with Crippen molar-refractivity contribution < 1.29 is 22.7 Å². The SMILES string of the molecule is Cc1ccc(C)c(N(CC(=O)Nc2ccc3c(c2)OCCO3)S(C)(=O)=O)c1. The van der Waals surface area contributed by atoms with Crippen molar-refractivity contribution >= 4 is 27.3 Å². The van der Waals surface area contributed by atoms with Crippen LogP contribution in [-0.4, -0.2) is 40.3 Å². The van der Waals surface area contributed by atoms with Gasteiger partial charge in [-0.1, -0.05) is 12.1 Å². The van der Waals surface area contributed by atoms with Crippen molar-refractivity contribution in [2.24, 2.45) is 0 Å². The quantitative estimate of drug-likeness (QED) is 0.848. The Morgan fingerprint density at radius 2 is 1.78 bits per heavy atom. The Balaban J connectivity index is 1.80. The van der Waals surface area contributed by atoms with E-state index in [9.17, 15) is 13.2 Å². The summed E-state index contributed by atoms with van der Waals surface area (Å²) in [5.74, 6) is 0.721. The molecule has 0 radical (unpaired) electrons. The van der Waals surface area contributed by atoms with Crippen molar-refractivity contribution in [1.29, 1.82) is 0 Å². The van der Waals surface area contributed by atoms with Crippen LogP contribution >= 0.6 is 0 Å². The van der Waals surface area contributed by atoms with Crippen LogP contribution in [0.5, 0.6) is 11.5 Å². The molecule has 0 aliphatic carbocycles. The molecule has 1 amide bonds. The molecule has 0 unspecified atom stereocenters. The molecule has 2 aromatic carbocycles. The van der Waals surface area contributed by atoms with Crippen LogP contribution in [0.1, 0.15) is 11.1 Å². The van der Waals surface area contributed by atoms with Crippen molar-refractivity contribution in [3.8, 4) is 11.5 Å². The Morgan fingerprint density at radius 3 is 2.48 bits per heavy atom. The van der Waals surface area contributed by atoms with Gasteiger partial charge >= 0.3 is 0 Å². The molecule has 27 heavy (non-hydrogen) atoms. The monoisotopic (exact) mass is 390 g/mol. The Hall–Kier alpha value is -2.74. The van der Waals surface area contributed by atoms with Crippen molar-refractivity contribution in [1.82, 2.24) is 0 Å². The summed E-state index contributed by atoms with van der Waals surface area (Å²) in [6, 6.07) is 10.6. The molecule has 7 nitrogen and oxygen atoms in total. The molecule has 3 rings (SSSR count). The van der Waals surface area contributed by atoms with Crippen LogP contribution in [-0.2, 0) is 14.8 Å². The normalized spacial score (nSPS) is 13.1. The highest BCUT2D eigenvalue weighted by molar-refractivity contribution is 7.92. The van der Waals surface area contributed by atoms with E-state index in [1.807, 2.05) is 26.0 Å². The second-order valence-corrected chi connectivity index (χ2v) is 8.37. The predicted molar refractivity (Wildman–Crippen MR) is 104 cm³/mol. The third-order valence-corrected chi connectivity index (χ3v) is 5.27. The first-order chi connectivity index (χ1) is 12.7. The number of carbonyl (C=O) groups excluding carboxylic acids is 1. The standard InChI is InChI=1S/C19H22N2O5S/c1-13-4-5-14(2)16(10-13)21(27(3,23)24)12-19(22)20-15-6-7-17-18(11-15)26-9-8-25-17/h4-7,10-11H,8-9,12H2,1-3H3,(H,20,22). The fourth-order valence-corrected chi connectivity index (χ4v) is 3.73. The molecule has 0 atom stereocenters. The van der Waals surface area contributed by atoms with Crippen LogP contribution in [0.15, 0.2) is 36.4 Å². The second kappa shape index (κ2) is 7.48. The highest BCUT2D eigenvalue weighted by atomic mass is 32.2. The van der Waals surface area contributed by atoms with Gasteiger partial charge in [-0.15, -0.1) is 0 Å². The van der Waals surface area contributed by atoms with Gasteiger partial charge in [0.15, 0.2) is 11.5 Å². The summed E-state index contributed by atoms with van der Waals surface area (Å²) in [5, 5.41) is 2.72. The number of nitrogens with one attached hydrogen (secondary N) is 1. The van der Waals surface area contributed by atoms with Gasteiger partial charge in [-0.3, -0.25) is 9.10 Å². The molecule has 0 spiro atoms. The molecule has 0 aromatic heterocycles. The lowest BCUT2D eigenvalue weighted by atomic mass is 10.1. The number of carbonyl (C=O) groups is 1. The lowest BCUT2D eigenvalue weighted by molar-refractivity contribution is -0.114. The summed E-state index contributed by atoms with van der Waals surface area (Å²) in [5.41, 5.74) is 2.70. The summed E-state index contributed by atoms with van der Waals surface area (Å²) in [6.45, 7) is 4.29. The molecule has 144 valence electrons. The molecular formula is C19H22N2O5S. The molecule has 0 saturated carbocycles. The van der Waals surface area contributed by atoms with Gasteiger partial charge in [-0.25, -0.2) is 8.42 Å². The van der Waals surface area contributed by atoms with Gasteiger partial charge in [0.05, 0.1) is 11.9 Å². The zero-order valence-electron chi connectivity index (χ0n) is 15.5. The van der Waals surface area contributed by atoms with Crippen molar-refractivity contribution in [3.05, 3.63) is 47.5 Å². The molecular weight excluding hydrogens is 368 g/mol. The smallest absolute Gasteiger partial charge is 0.245 e. The van der Waals surface area contributed by atoms with Crippen LogP contribution in [0.4, 0.5) is 11.4 Å². The molecule has 8 heteroatoms. The lowest BCUT2D eigenvalue weighted by Gasteiger charge is -2.24. The molecule has 1 aliphatic heterocycles. The Morgan fingerprint density at radius 1 is 1.07 bits per heavy atom. The largest absolute Gasteiger partial charge is 0.486 e. The minimum absolute atomic E-state index is 0.322. The number of anilines is 2. The maximum Gasteiger partial charge on any atom is 0.245 e. The fraction of sp³-hybridized carbons (Fsp3) is 0.316. The van der Waals surface area contributed by atoms with Crippen molar-refractivity contribution in [2.45, 2.75) is 13.8 Å². The van der Waals surface area contributed by atoms with Gasteiger partial charge in [0.2, 0.25) is 15.9 Å². The maximum atomic E-state index is 12.5. The number of benzene rings is 2. The van der Waals surface area contributed by atoms with E-state index in [1.54, 1.807) is 24.3 Å². The van der Waals surface area contributed by atoms with E-state index in [0.717, 1.165) is 21.7 Å². The van der Waals surface area contributed by atoms with Crippen LogP contribution in [0, 0.1) is 13.8 Å². The van der Waals surface area contributed by atoms with E-state index in [4.69, 9.17) is 9.47 Å². The highest BCUT2D eigenvalue weighted by Crippen LogP contribution is 2.32. The van der Waals surface area contributed by atoms with Crippen LogP contribution < -0.4 is 19.1 Å². The Bertz CT molecular complexity index is 972. The Kier molecular flexibility index (Phi) is 5.27. The minimum Gasteiger partial charge on any atom is -0.486 e. The molecule has 2 aromatic rings. The first-order valence-electron chi connectivity index (χ1n) is 8.48. The number of fused-ring (bicyclic) bond motifs is 1. The van der Waals surface area contributed by atoms with E-state index in [0.29, 0.717) is 36.1 Å². The van der Waals surface area contributed by atoms with Crippen molar-refractivity contribution in [3.63, 3.8) is 0 Å². The van der Waals surface area contributed by atoms with Gasteiger partial charge in [0, 0.05) is 11.8 Å². The summed E-state index contributed by atoms with van der Waals surface area (Å²) < 4.78 is 36.6. The number of nitrogens with zero attached hydrogens (tertiary/aromatic N) is 1. The van der Waals surface area contributed by atoms with E-state index < -0.39 is 15.9 Å². The number of rotatable bonds is 5. The van der Waals surface area contributed by atoms with Gasteiger partial charge in [0.1, 0.15) is 19.8 Å². The third kappa shape index (κ3) is 4.51. The van der Waals surface area contributed by atoms with Crippen LogP contribution in [0.25, 0.3) is 0 Å². The number of amides is 1. The zero-order valence-corrected chi connectivity index (χ0v) is 16.3. The van der Waals surface area contributed by atoms with Gasteiger partial charge in [0.25, 0.3) is 0 Å². The highest BCUT2D eigenvalue weighted by Gasteiger charge is 2.23. The summed E-state index contributed by atoms with van der Waals surface area (Å²) in [4.78, 5) is 12.5. The zero-order chi connectivity index (χ0) is 19.6. The lowest BCUT2D eigenvalue weighted by Crippen LogP contribution is -2.38. The van der Waals surface area contributed by atoms with Crippen LogP contribution in [0.2, 0.25) is 0 Å². The Labute approximate surface area is 158 Å². The van der Waals surface area contributed by atoms with Gasteiger partial charge < -0.3 is 14.8 Å². The van der Waals surface area contributed by atoms with E-state index in [1.165, 1.54) is 0 Å². The molecule has 0 bridgehead atoms. The van der Waals surface area contributed by atoms with Gasteiger partial charge in [-0.2, -0.15) is 0 Å². The first-order valence-corrected chi connectivity index (χ1v) is 10.3. The molecule has 0 saturated heterocycles. The number of sulfonamides is 1. The second-order valence-electron chi connectivity index (χ2n) is 6.47. The number of hydrogen-bond acceptors (Lipinski definition) is 5.